The van der Waals surface area contributed by atoms with Gasteiger partial charge in [-0.2, -0.15) is 28.6 Å². The average Bonchev–Trinajstić information content (AvgIpc) is 3.61. The molecule has 37 heavy (non-hydrogen) atoms. The van der Waals surface area contributed by atoms with E-state index in [1.807, 2.05) is 0 Å². The summed E-state index contributed by atoms with van der Waals surface area (Å²) < 4.78 is 43.1. The number of rotatable bonds is 5. The third-order valence-corrected chi connectivity index (χ3v) is 7.49. The highest BCUT2D eigenvalue weighted by Gasteiger charge is 2.34. The first-order chi connectivity index (χ1) is 17.7. The molecule has 9 nitrogen and oxygen atoms in total. The largest absolute Gasteiger partial charge is 0.433 e. The maximum Gasteiger partial charge on any atom is 0.433 e. The van der Waals surface area contributed by atoms with Crippen LogP contribution in [0.15, 0.2) is 30.7 Å². The van der Waals surface area contributed by atoms with E-state index in [-0.39, 0.29) is 17.3 Å². The first-order valence-corrected chi connectivity index (χ1v) is 12.3. The van der Waals surface area contributed by atoms with Gasteiger partial charge in [0, 0.05) is 29.9 Å². The van der Waals surface area contributed by atoms with Crippen molar-refractivity contribution in [2.75, 3.05) is 5.32 Å². The van der Waals surface area contributed by atoms with Crippen LogP contribution in [0.2, 0.25) is 0 Å². The Hall–Kier alpha value is -4.05. The number of fused-ring (bicyclic) bond motifs is 1. The molecule has 4 aromatic heterocycles. The van der Waals surface area contributed by atoms with Crippen molar-refractivity contribution in [3.05, 3.63) is 58.1 Å². The van der Waals surface area contributed by atoms with Crippen LogP contribution < -0.4 is 5.32 Å². The number of thiophene rings is 1. The minimum atomic E-state index is -4.72. The molecule has 1 amide bonds. The number of carbonyl (C=O) groups is 1. The number of alkyl halides is 3. The van der Waals surface area contributed by atoms with E-state index in [1.165, 1.54) is 40.7 Å². The fourth-order valence-corrected chi connectivity index (χ4v) is 5.62. The quantitative estimate of drug-likeness (QED) is 0.400. The summed E-state index contributed by atoms with van der Waals surface area (Å²) in [5, 5.41) is 21.0. The molecular formula is C24H21F3N8OS. The van der Waals surface area contributed by atoms with E-state index in [0.29, 0.717) is 22.0 Å². The average molecular weight is 527 g/mol. The van der Waals surface area contributed by atoms with Crippen LogP contribution in [-0.2, 0) is 26.1 Å². The Morgan fingerprint density at radius 3 is 2.84 bits per heavy atom. The summed E-state index contributed by atoms with van der Waals surface area (Å²) >= 11 is 1.39. The van der Waals surface area contributed by atoms with Gasteiger partial charge in [-0.05, 0) is 42.9 Å². The normalized spacial score (nSPS) is 15.3. The highest BCUT2D eigenvalue weighted by Crippen LogP contribution is 2.40. The molecule has 0 spiro atoms. The highest BCUT2D eigenvalue weighted by molar-refractivity contribution is 7.16. The Morgan fingerprint density at radius 2 is 2.16 bits per heavy atom. The zero-order valence-corrected chi connectivity index (χ0v) is 20.7. The van der Waals surface area contributed by atoms with Gasteiger partial charge in [0.25, 0.3) is 11.9 Å². The van der Waals surface area contributed by atoms with Crippen molar-refractivity contribution in [1.29, 1.82) is 5.26 Å². The second-order valence-electron chi connectivity index (χ2n) is 8.78. The van der Waals surface area contributed by atoms with Crippen molar-refractivity contribution in [1.82, 2.24) is 29.5 Å². The van der Waals surface area contributed by atoms with Gasteiger partial charge in [-0.15, -0.1) is 11.3 Å². The van der Waals surface area contributed by atoms with Gasteiger partial charge in [0.2, 0.25) is 0 Å². The fourth-order valence-electron chi connectivity index (χ4n) is 4.32. The Kier molecular flexibility index (Phi) is 6.28. The maximum atomic E-state index is 13.5. The molecule has 0 aliphatic heterocycles. The smallest absolute Gasteiger partial charge is 0.311 e. The van der Waals surface area contributed by atoms with Crippen LogP contribution in [0, 0.1) is 17.2 Å². The predicted molar refractivity (Wildman–Crippen MR) is 129 cm³/mol. The third-order valence-electron chi connectivity index (χ3n) is 6.32. The van der Waals surface area contributed by atoms with Crippen molar-refractivity contribution in [3.63, 3.8) is 0 Å². The van der Waals surface area contributed by atoms with Gasteiger partial charge in [-0.3, -0.25) is 9.48 Å². The molecule has 1 aliphatic rings. The summed E-state index contributed by atoms with van der Waals surface area (Å²) in [6, 6.07) is 4.40. The molecule has 1 unspecified atom stereocenters. The van der Waals surface area contributed by atoms with Crippen LogP contribution in [0.1, 0.15) is 52.0 Å². The summed E-state index contributed by atoms with van der Waals surface area (Å²) in [6.07, 6.45) is 3.25. The predicted octanol–water partition coefficient (Wildman–Crippen LogP) is 4.78. The van der Waals surface area contributed by atoms with Gasteiger partial charge in [-0.25, -0.2) is 14.6 Å². The van der Waals surface area contributed by atoms with Crippen LogP contribution in [0.25, 0.3) is 17.2 Å². The number of aromatic nitrogens is 6. The van der Waals surface area contributed by atoms with E-state index in [0.717, 1.165) is 46.9 Å². The van der Waals surface area contributed by atoms with Crippen LogP contribution in [0.5, 0.6) is 0 Å². The summed E-state index contributed by atoms with van der Waals surface area (Å²) in [5.41, 5.74) is 0.637. The Balaban J connectivity index is 1.44. The maximum absolute atomic E-state index is 13.5. The molecule has 1 atom stereocenters. The lowest BCUT2D eigenvalue weighted by atomic mass is 9.86. The van der Waals surface area contributed by atoms with Gasteiger partial charge < -0.3 is 5.32 Å². The lowest BCUT2D eigenvalue weighted by molar-refractivity contribution is -0.141. The number of anilines is 1. The van der Waals surface area contributed by atoms with Crippen molar-refractivity contribution in [2.24, 2.45) is 13.0 Å². The number of halogens is 3. The topological polar surface area (TPSA) is 114 Å². The Labute approximate surface area is 213 Å². The lowest BCUT2D eigenvalue weighted by Crippen LogP contribution is -2.15. The van der Waals surface area contributed by atoms with E-state index in [1.54, 1.807) is 7.05 Å². The van der Waals surface area contributed by atoms with Crippen LogP contribution in [-0.4, -0.2) is 35.4 Å². The van der Waals surface area contributed by atoms with Gasteiger partial charge in [0.15, 0.2) is 11.4 Å². The number of nitrogens with one attached hydrogen (secondary N) is 1. The molecule has 190 valence electrons. The van der Waals surface area contributed by atoms with Crippen molar-refractivity contribution >= 4 is 22.2 Å². The van der Waals surface area contributed by atoms with Crippen LogP contribution >= 0.6 is 11.3 Å². The van der Waals surface area contributed by atoms with Crippen LogP contribution in [0.4, 0.5) is 18.2 Å². The highest BCUT2D eigenvalue weighted by atomic mass is 32.1. The molecule has 0 radical (unpaired) electrons. The molecule has 4 heterocycles. The van der Waals surface area contributed by atoms with E-state index >= 15 is 0 Å². The number of nitrogens with zero attached hydrogens (tertiary/aromatic N) is 7. The number of amides is 1. The molecule has 1 N–H and O–H groups in total. The summed E-state index contributed by atoms with van der Waals surface area (Å²) in [7, 11) is 1.64. The molecule has 0 fully saturated rings. The number of aryl methyl sites for hydroxylation is 1. The first kappa shape index (κ1) is 24.6. The van der Waals surface area contributed by atoms with Gasteiger partial charge in [0.05, 0.1) is 17.5 Å². The van der Waals surface area contributed by atoms with E-state index in [2.05, 4.69) is 38.5 Å². The Bertz CT molecular complexity index is 1530. The Morgan fingerprint density at radius 1 is 1.35 bits per heavy atom. The van der Waals surface area contributed by atoms with Crippen molar-refractivity contribution in [2.45, 2.75) is 38.8 Å². The third kappa shape index (κ3) is 4.84. The zero-order valence-electron chi connectivity index (χ0n) is 19.9. The number of hydrogen-bond donors (Lipinski definition) is 1. The molecular weight excluding hydrogens is 505 g/mol. The SMILES string of the molecule is CCC1CCc2c(sc(NC(=O)c3ccn(-c4nc(-c5cnn(C)c5)cc(C(F)(F)F)n4)n3)c2C#N)C1. The van der Waals surface area contributed by atoms with E-state index in [9.17, 15) is 23.2 Å². The van der Waals surface area contributed by atoms with Crippen LogP contribution in [0.3, 0.4) is 0 Å². The zero-order chi connectivity index (χ0) is 26.3. The van der Waals surface area contributed by atoms with Gasteiger partial charge >= 0.3 is 6.18 Å². The molecule has 0 aromatic carbocycles. The summed E-state index contributed by atoms with van der Waals surface area (Å²) in [4.78, 5) is 21.9. The van der Waals surface area contributed by atoms with Crippen molar-refractivity contribution in [3.8, 4) is 23.3 Å². The first-order valence-electron chi connectivity index (χ1n) is 11.5. The summed E-state index contributed by atoms with van der Waals surface area (Å²) in [5.74, 6) is -0.371. The monoisotopic (exact) mass is 526 g/mol. The molecule has 0 saturated carbocycles. The van der Waals surface area contributed by atoms with Gasteiger partial charge in [0.1, 0.15) is 11.1 Å². The van der Waals surface area contributed by atoms with E-state index in [4.69, 9.17) is 0 Å². The molecule has 4 aromatic rings. The molecule has 13 heteroatoms. The molecule has 0 bridgehead atoms. The molecule has 5 rings (SSSR count). The van der Waals surface area contributed by atoms with E-state index < -0.39 is 17.8 Å². The second-order valence-corrected chi connectivity index (χ2v) is 9.88. The minimum absolute atomic E-state index is 0.0140. The molecule has 0 saturated heterocycles. The van der Waals surface area contributed by atoms with Gasteiger partial charge in [-0.1, -0.05) is 13.3 Å². The lowest BCUT2D eigenvalue weighted by Gasteiger charge is -2.20. The number of nitriles is 1. The standard InChI is InChI=1S/C24H21F3N8OS/c1-3-13-4-5-15-16(10-28)22(37-19(15)8-13)32-21(36)17-6-7-35(33-17)23-30-18(14-11-29-34(2)12-14)9-20(31-23)24(25,26)27/h6-7,9,11-13H,3-5,8H2,1-2H3,(H,32,36). The number of hydrogen-bond acceptors (Lipinski definition) is 7. The molecule has 1 aliphatic carbocycles. The minimum Gasteiger partial charge on any atom is -0.311 e. The summed E-state index contributed by atoms with van der Waals surface area (Å²) in [6.45, 7) is 2.14. The van der Waals surface area contributed by atoms with Crippen molar-refractivity contribution < 1.29 is 18.0 Å². The number of carbonyl (C=O) groups excluding carboxylic acids is 1. The fraction of sp³-hybridized carbons (Fsp3) is 0.333. The second kappa shape index (κ2) is 9.44.